The molecule has 1 aliphatic heterocycles. The Balaban J connectivity index is 1.80. The summed E-state index contributed by atoms with van der Waals surface area (Å²) < 4.78 is 13.0. The van der Waals surface area contributed by atoms with Crippen molar-refractivity contribution in [3.05, 3.63) is 30.1 Å². The van der Waals surface area contributed by atoms with Crippen LogP contribution in [-0.4, -0.2) is 35.4 Å². The van der Waals surface area contributed by atoms with Crippen LogP contribution >= 0.6 is 12.2 Å². The fourth-order valence-electron chi connectivity index (χ4n) is 2.35. The molecule has 1 aromatic rings. The summed E-state index contributed by atoms with van der Waals surface area (Å²) in [4.78, 5) is 14.5. The number of hydrogen-bond donors (Lipinski definition) is 2. The van der Waals surface area contributed by atoms with Crippen molar-refractivity contribution in [1.29, 1.82) is 0 Å². The average Bonchev–Trinajstić information content (AvgIpc) is 2.39. The highest BCUT2D eigenvalue weighted by atomic mass is 32.1. The number of carbonyl (C=O) groups excluding carboxylic acids is 1. The van der Waals surface area contributed by atoms with Gasteiger partial charge in [0.25, 0.3) is 0 Å². The van der Waals surface area contributed by atoms with Crippen LogP contribution in [0.3, 0.4) is 0 Å². The molecule has 3 N–H and O–H groups in total. The minimum atomic E-state index is -0.361. The lowest BCUT2D eigenvalue weighted by Gasteiger charge is -2.30. The van der Waals surface area contributed by atoms with E-state index in [-0.39, 0.29) is 17.6 Å². The molecule has 0 unspecified atom stereocenters. The smallest absolute Gasteiger partial charge is 0.238 e. The maximum atomic E-state index is 13.0. The van der Waals surface area contributed by atoms with Crippen molar-refractivity contribution < 1.29 is 9.18 Å². The Hall–Kier alpha value is -1.53. The molecule has 4 nitrogen and oxygen atoms in total. The number of rotatable bonds is 4. The first-order chi connectivity index (χ1) is 9.54. The van der Waals surface area contributed by atoms with Crippen LogP contribution in [0.1, 0.15) is 12.8 Å². The third-order valence-electron chi connectivity index (χ3n) is 3.47. The van der Waals surface area contributed by atoms with Gasteiger partial charge in [0.15, 0.2) is 0 Å². The zero-order valence-corrected chi connectivity index (χ0v) is 12.0. The number of nitrogens with one attached hydrogen (secondary N) is 1. The lowest BCUT2D eigenvalue weighted by Crippen LogP contribution is -2.41. The van der Waals surface area contributed by atoms with E-state index in [4.69, 9.17) is 18.0 Å². The van der Waals surface area contributed by atoms with Crippen LogP contribution in [0.15, 0.2) is 24.3 Å². The Morgan fingerprint density at radius 2 is 2.15 bits per heavy atom. The van der Waals surface area contributed by atoms with Crippen molar-refractivity contribution in [3.8, 4) is 0 Å². The topological polar surface area (TPSA) is 58.4 Å². The third kappa shape index (κ3) is 4.25. The van der Waals surface area contributed by atoms with Gasteiger partial charge < -0.3 is 11.1 Å². The zero-order valence-electron chi connectivity index (χ0n) is 11.1. The van der Waals surface area contributed by atoms with Gasteiger partial charge in [-0.15, -0.1) is 0 Å². The summed E-state index contributed by atoms with van der Waals surface area (Å²) in [5.74, 6) is -0.211. The minimum Gasteiger partial charge on any atom is -0.393 e. The highest BCUT2D eigenvalue weighted by molar-refractivity contribution is 7.80. The van der Waals surface area contributed by atoms with E-state index in [9.17, 15) is 9.18 Å². The number of likely N-dealkylation sites (tertiary alicyclic amines) is 1. The Morgan fingerprint density at radius 1 is 1.45 bits per heavy atom. The van der Waals surface area contributed by atoms with Gasteiger partial charge in [0.1, 0.15) is 5.82 Å². The predicted octanol–water partition coefficient (Wildman–Crippen LogP) is 1.76. The molecule has 0 saturated carbocycles. The summed E-state index contributed by atoms with van der Waals surface area (Å²) in [6.45, 7) is 1.91. The largest absolute Gasteiger partial charge is 0.393 e. The number of anilines is 1. The predicted molar refractivity (Wildman–Crippen MR) is 81.0 cm³/mol. The maximum absolute atomic E-state index is 13.0. The summed E-state index contributed by atoms with van der Waals surface area (Å²) in [6.07, 6.45) is 1.78. The molecule has 1 amide bonds. The lowest BCUT2D eigenvalue weighted by atomic mass is 9.97. The van der Waals surface area contributed by atoms with Gasteiger partial charge in [-0.25, -0.2) is 4.39 Å². The molecule has 0 atom stereocenters. The van der Waals surface area contributed by atoms with Gasteiger partial charge in [0, 0.05) is 11.6 Å². The molecule has 1 fully saturated rings. The molecule has 1 aliphatic rings. The van der Waals surface area contributed by atoms with Crippen LogP contribution in [0.4, 0.5) is 10.1 Å². The highest BCUT2D eigenvalue weighted by Crippen LogP contribution is 2.17. The van der Waals surface area contributed by atoms with Gasteiger partial charge in [-0.2, -0.15) is 0 Å². The number of halogens is 1. The number of nitrogens with two attached hydrogens (primary N) is 1. The summed E-state index contributed by atoms with van der Waals surface area (Å²) in [6, 6.07) is 5.88. The Kier molecular flexibility index (Phi) is 5.03. The van der Waals surface area contributed by atoms with E-state index in [2.05, 4.69) is 10.2 Å². The first-order valence-electron chi connectivity index (χ1n) is 6.61. The number of amides is 1. The number of carbonyl (C=O) groups is 1. The molecule has 108 valence electrons. The molecule has 1 saturated heterocycles. The molecular weight excluding hydrogens is 277 g/mol. The molecule has 0 radical (unpaired) electrons. The molecule has 1 aromatic carbocycles. The normalized spacial score (nSPS) is 16.9. The van der Waals surface area contributed by atoms with Gasteiger partial charge in [0.2, 0.25) is 5.91 Å². The third-order valence-corrected chi connectivity index (χ3v) is 3.80. The first kappa shape index (κ1) is 14.9. The van der Waals surface area contributed by atoms with Crippen LogP contribution in [0, 0.1) is 11.7 Å². The second-order valence-electron chi connectivity index (χ2n) is 5.01. The number of benzene rings is 1. The van der Waals surface area contributed by atoms with E-state index in [1.54, 1.807) is 12.1 Å². The van der Waals surface area contributed by atoms with Crippen molar-refractivity contribution in [2.24, 2.45) is 11.7 Å². The van der Waals surface area contributed by atoms with Crippen molar-refractivity contribution in [2.75, 3.05) is 25.0 Å². The standard InChI is InChI=1S/C14H18FN3OS/c15-11-2-1-3-12(8-11)17-13(19)9-18-6-4-10(5-7-18)14(16)20/h1-3,8,10H,4-7,9H2,(H2,16,20)(H,17,19). The van der Waals surface area contributed by atoms with E-state index in [1.165, 1.54) is 12.1 Å². The quantitative estimate of drug-likeness (QED) is 0.831. The van der Waals surface area contributed by atoms with Crippen LogP contribution in [0.2, 0.25) is 0 Å². The fourth-order valence-corrected chi connectivity index (χ4v) is 2.58. The molecule has 0 aliphatic carbocycles. The molecule has 6 heteroatoms. The number of hydrogen-bond acceptors (Lipinski definition) is 3. The molecular formula is C14H18FN3OS. The monoisotopic (exact) mass is 295 g/mol. The zero-order chi connectivity index (χ0) is 14.5. The summed E-state index contributed by atoms with van der Waals surface area (Å²) in [5, 5.41) is 2.69. The van der Waals surface area contributed by atoms with E-state index in [0.29, 0.717) is 17.2 Å². The molecule has 1 heterocycles. The van der Waals surface area contributed by atoms with Crippen LogP contribution < -0.4 is 11.1 Å². The van der Waals surface area contributed by atoms with Crippen LogP contribution in [0.25, 0.3) is 0 Å². The molecule has 0 spiro atoms. The van der Waals surface area contributed by atoms with Gasteiger partial charge in [-0.1, -0.05) is 18.3 Å². The van der Waals surface area contributed by atoms with Crippen molar-refractivity contribution in [3.63, 3.8) is 0 Å². The number of piperidine rings is 1. The molecule has 0 aromatic heterocycles. The second kappa shape index (κ2) is 6.76. The van der Waals surface area contributed by atoms with Crippen molar-refractivity contribution in [2.45, 2.75) is 12.8 Å². The molecule has 2 rings (SSSR count). The van der Waals surface area contributed by atoms with Gasteiger partial charge in [-0.3, -0.25) is 9.69 Å². The summed E-state index contributed by atoms with van der Waals surface area (Å²) in [7, 11) is 0. The summed E-state index contributed by atoms with van der Waals surface area (Å²) in [5.41, 5.74) is 6.11. The van der Waals surface area contributed by atoms with Crippen LogP contribution in [0.5, 0.6) is 0 Å². The van der Waals surface area contributed by atoms with Crippen molar-refractivity contribution in [1.82, 2.24) is 4.90 Å². The fraction of sp³-hybridized carbons (Fsp3) is 0.429. The molecule has 20 heavy (non-hydrogen) atoms. The second-order valence-corrected chi connectivity index (χ2v) is 5.48. The Bertz CT molecular complexity index is 501. The number of thiocarbonyl (C=S) groups is 1. The average molecular weight is 295 g/mol. The van der Waals surface area contributed by atoms with Gasteiger partial charge in [-0.05, 0) is 44.1 Å². The SMILES string of the molecule is NC(=S)C1CCN(CC(=O)Nc2cccc(F)c2)CC1. The van der Waals surface area contributed by atoms with Gasteiger partial charge in [0.05, 0.1) is 11.5 Å². The maximum Gasteiger partial charge on any atom is 0.238 e. The van der Waals surface area contributed by atoms with E-state index in [1.807, 2.05) is 0 Å². The van der Waals surface area contributed by atoms with Gasteiger partial charge >= 0.3 is 0 Å². The van der Waals surface area contributed by atoms with E-state index < -0.39 is 0 Å². The minimum absolute atomic E-state index is 0.135. The summed E-state index contributed by atoms with van der Waals surface area (Å²) >= 11 is 4.99. The Morgan fingerprint density at radius 3 is 2.75 bits per heavy atom. The highest BCUT2D eigenvalue weighted by Gasteiger charge is 2.22. The lowest BCUT2D eigenvalue weighted by molar-refractivity contribution is -0.117. The Labute approximate surface area is 123 Å². The molecule has 0 bridgehead atoms. The van der Waals surface area contributed by atoms with Crippen molar-refractivity contribution >= 4 is 28.8 Å². The van der Waals surface area contributed by atoms with E-state index >= 15 is 0 Å². The van der Waals surface area contributed by atoms with E-state index in [0.717, 1.165) is 25.9 Å². The number of nitrogens with zero attached hydrogens (tertiary/aromatic N) is 1. The van der Waals surface area contributed by atoms with Crippen LogP contribution in [-0.2, 0) is 4.79 Å². The first-order valence-corrected chi connectivity index (χ1v) is 7.02.